The van der Waals surface area contributed by atoms with Crippen LogP contribution in [0.25, 0.3) is 0 Å². The Hall–Kier alpha value is 0.107. The molecule has 0 aliphatic rings. The monoisotopic (exact) mass is 152 g/mol. The van der Waals surface area contributed by atoms with E-state index >= 15 is 0 Å². The standard InChI is InChI=1S/C3H9O3PSi/c1-2-3-8-6-7(4)5/h2,7H,1,3,8H2,(H,4,5). The number of hydrogen-bond acceptors (Lipinski definition) is 2. The molecule has 0 aliphatic carbocycles. The zero-order chi connectivity index (χ0) is 6.41. The third-order valence-electron chi connectivity index (χ3n) is 0.548. The van der Waals surface area contributed by atoms with Gasteiger partial charge in [-0.2, -0.15) is 0 Å². The highest BCUT2D eigenvalue weighted by Gasteiger charge is 1.87. The van der Waals surface area contributed by atoms with E-state index < -0.39 is 18.0 Å². The summed E-state index contributed by atoms with van der Waals surface area (Å²) in [6.45, 7) is 3.44. The van der Waals surface area contributed by atoms with Gasteiger partial charge < -0.3 is 9.11 Å². The van der Waals surface area contributed by atoms with Gasteiger partial charge in [0.2, 0.25) is 0 Å². The molecular weight excluding hydrogens is 143 g/mol. The lowest BCUT2D eigenvalue weighted by molar-refractivity contribution is 0.420. The predicted molar refractivity (Wildman–Crippen MR) is 35.9 cm³/mol. The van der Waals surface area contributed by atoms with Crippen molar-refractivity contribution in [2.45, 2.75) is 6.04 Å². The fourth-order valence-corrected chi connectivity index (χ4v) is 1.57. The predicted octanol–water partition coefficient (Wildman–Crippen LogP) is 0.0731. The highest BCUT2D eigenvalue weighted by Crippen LogP contribution is 2.12. The average Bonchev–Trinajstić information content (AvgIpc) is 1.66. The Kier molecular flexibility index (Phi) is 5.32. The SMILES string of the molecule is C=CC[SiH2]O[PH](=O)O. The molecule has 0 bridgehead atoms. The Labute approximate surface area is 51.3 Å². The second-order valence-electron chi connectivity index (χ2n) is 1.19. The van der Waals surface area contributed by atoms with Gasteiger partial charge in [0.15, 0.2) is 9.76 Å². The molecule has 0 aromatic carbocycles. The zero-order valence-corrected chi connectivity index (χ0v) is 6.88. The normalized spacial score (nSPS) is 14.6. The van der Waals surface area contributed by atoms with Gasteiger partial charge in [0, 0.05) is 0 Å². The van der Waals surface area contributed by atoms with Crippen molar-refractivity contribution in [3.63, 3.8) is 0 Å². The van der Waals surface area contributed by atoms with Gasteiger partial charge in [-0.3, -0.25) is 4.57 Å². The lowest BCUT2D eigenvalue weighted by Crippen LogP contribution is -1.86. The van der Waals surface area contributed by atoms with Crippen LogP contribution in [0, 0.1) is 0 Å². The third-order valence-corrected chi connectivity index (χ3v) is 3.00. The Morgan fingerprint density at radius 3 is 3.00 bits per heavy atom. The summed E-state index contributed by atoms with van der Waals surface area (Å²) in [7, 11) is -3.41. The van der Waals surface area contributed by atoms with Crippen LogP contribution in [-0.2, 0) is 8.78 Å². The molecule has 1 atom stereocenters. The van der Waals surface area contributed by atoms with Crippen molar-refractivity contribution in [1.82, 2.24) is 0 Å². The molecule has 0 saturated heterocycles. The van der Waals surface area contributed by atoms with E-state index in [4.69, 9.17) is 4.89 Å². The summed E-state index contributed by atoms with van der Waals surface area (Å²) < 4.78 is 14.3. The lowest BCUT2D eigenvalue weighted by atomic mass is 10.8. The van der Waals surface area contributed by atoms with E-state index in [1.54, 1.807) is 6.08 Å². The Bertz CT molecular complexity index is 94.5. The summed E-state index contributed by atoms with van der Waals surface area (Å²) in [6.07, 6.45) is 1.69. The molecule has 48 valence electrons. The summed E-state index contributed by atoms with van der Waals surface area (Å²) >= 11 is 0. The van der Waals surface area contributed by atoms with Gasteiger partial charge in [-0.05, 0) is 6.04 Å². The average molecular weight is 152 g/mol. The molecule has 0 heterocycles. The van der Waals surface area contributed by atoms with Gasteiger partial charge in [0.25, 0.3) is 0 Å². The van der Waals surface area contributed by atoms with Crippen LogP contribution in [0.3, 0.4) is 0 Å². The summed E-state index contributed by atoms with van der Waals surface area (Å²) in [5.74, 6) is 0. The van der Waals surface area contributed by atoms with E-state index in [0.717, 1.165) is 6.04 Å². The number of hydrogen-bond donors (Lipinski definition) is 1. The molecule has 8 heavy (non-hydrogen) atoms. The molecule has 0 aliphatic heterocycles. The van der Waals surface area contributed by atoms with Crippen LogP contribution in [0.1, 0.15) is 0 Å². The summed E-state index contributed by atoms with van der Waals surface area (Å²) in [4.78, 5) is 8.10. The minimum atomic E-state index is -2.64. The summed E-state index contributed by atoms with van der Waals surface area (Å²) in [6, 6.07) is 0.761. The topological polar surface area (TPSA) is 46.5 Å². The quantitative estimate of drug-likeness (QED) is 0.268. The highest BCUT2D eigenvalue weighted by molar-refractivity contribution is 7.33. The molecule has 0 aromatic rings. The minimum absolute atomic E-state index is 0.761. The Balaban J connectivity index is 2.93. The summed E-state index contributed by atoms with van der Waals surface area (Å²) in [5.41, 5.74) is 0. The maximum absolute atomic E-state index is 9.84. The van der Waals surface area contributed by atoms with Crippen LogP contribution in [0.5, 0.6) is 0 Å². The van der Waals surface area contributed by atoms with Gasteiger partial charge in [-0.1, -0.05) is 6.08 Å². The van der Waals surface area contributed by atoms with Gasteiger partial charge in [0.1, 0.15) is 0 Å². The largest absolute Gasteiger partial charge is 0.360 e. The van der Waals surface area contributed by atoms with Crippen molar-refractivity contribution < 1.29 is 13.7 Å². The van der Waals surface area contributed by atoms with Crippen molar-refractivity contribution in [3.05, 3.63) is 12.7 Å². The van der Waals surface area contributed by atoms with E-state index in [-0.39, 0.29) is 0 Å². The first-order valence-electron chi connectivity index (χ1n) is 2.24. The smallest absolute Gasteiger partial charge is 0.306 e. The van der Waals surface area contributed by atoms with Crippen molar-refractivity contribution in [2.24, 2.45) is 0 Å². The van der Waals surface area contributed by atoms with Crippen molar-refractivity contribution in [3.8, 4) is 0 Å². The molecular formula is C3H9O3PSi. The molecule has 3 nitrogen and oxygen atoms in total. The molecule has 0 spiro atoms. The first-order valence-corrected chi connectivity index (χ1v) is 5.08. The number of allylic oxidation sites excluding steroid dienone is 1. The van der Waals surface area contributed by atoms with Gasteiger partial charge in [-0.25, -0.2) is 0 Å². The van der Waals surface area contributed by atoms with E-state index in [9.17, 15) is 4.57 Å². The van der Waals surface area contributed by atoms with Crippen LogP contribution in [0.4, 0.5) is 0 Å². The van der Waals surface area contributed by atoms with Gasteiger partial charge in [-0.15, -0.1) is 6.58 Å². The van der Waals surface area contributed by atoms with Crippen LogP contribution < -0.4 is 0 Å². The molecule has 0 aromatic heterocycles. The van der Waals surface area contributed by atoms with Gasteiger partial charge >= 0.3 is 8.25 Å². The van der Waals surface area contributed by atoms with E-state index in [1.807, 2.05) is 0 Å². The van der Waals surface area contributed by atoms with Crippen molar-refractivity contribution in [2.75, 3.05) is 0 Å². The number of rotatable bonds is 4. The lowest BCUT2D eigenvalue weighted by Gasteiger charge is -1.91. The molecule has 0 rings (SSSR count). The molecule has 0 saturated carbocycles. The molecule has 1 unspecified atom stereocenters. The van der Waals surface area contributed by atoms with E-state index in [2.05, 4.69) is 10.8 Å². The maximum atomic E-state index is 9.84. The third kappa shape index (κ3) is 6.11. The minimum Gasteiger partial charge on any atom is -0.360 e. The molecule has 0 fully saturated rings. The fourth-order valence-electron chi connectivity index (χ4n) is 0.230. The molecule has 0 radical (unpaired) electrons. The van der Waals surface area contributed by atoms with E-state index in [1.165, 1.54) is 0 Å². The first kappa shape index (κ1) is 8.11. The van der Waals surface area contributed by atoms with Crippen LogP contribution >= 0.6 is 8.25 Å². The van der Waals surface area contributed by atoms with Crippen molar-refractivity contribution >= 4 is 18.0 Å². The Morgan fingerprint density at radius 2 is 2.62 bits per heavy atom. The second-order valence-corrected chi connectivity index (χ2v) is 3.86. The van der Waals surface area contributed by atoms with Crippen molar-refractivity contribution in [1.29, 1.82) is 0 Å². The fraction of sp³-hybridized carbons (Fsp3) is 0.333. The maximum Gasteiger partial charge on any atom is 0.306 e. The summed E-state index contributed by atoms with van der Waals surface area (Å²) in [5, 5.41) is 0. The highest BCUT2D eigenvalue weighted by atomic mass is 31.1. The first-order chi connectivity index (χ1) is 3.77. The van der Waals surface area contributed by atoms with Crippen LogP contribution in [0.15, 0.2) is 12.7 Å². The Morgan fingerprint density at radius 1 is 2.00 bits per heavy atom. The van der Waals surface area contributed by atoms with Crippen LogP contribution in [-0.4, -0.2) is 14.7 Å². The zero-order valence-electron chi connectivity index (χ0n) is 4.46. The second kappa shape index (κ2) is 5.25. The van der Waals surface area contributed by atoms with Crippen LogP contribution in [0.2, 0.25) is 6.04 Å². The molecule has 5 heteroatoms. The van der Waals surface area contributed by atoms with Gasteiger partial charge in [0.05, 0.1) is 0 Å². The van der Waals surface area contributed by atoms with E-state index in [0.29, 0.717) is 0 Å². The molecule has 0 amide bonds. The molecule has 1 N–H and O–H groups in total.